The van der Waals surface area contributed by atoms with Crippen LogP contribution in [0.1, 0.15) is 11.8 Å². The van der Waals surface area contributed by atoms with Gasteiger partial charge in [-0.2, -0.15) is 0 Å². The second kappa shape index (κ2) is 4.12. The van der Waals surface area contributed by atoms with Crippen LogP contribution in [0.2, 0.25) is 0 Å². The van der Waals surface area contributed by atoms with Crippen LogP contribution < -0.4 is 5.56 Å². The fraction of sp³-hybridized carbons (Fsp3) is 0.400. The third kappa shape index (κ3) is 1.80. The van der Waals surface area contributed by atoms with E-state index in [1.165, 1.54) is 10.9 Å². The van der Waals surface area contributed by atoms with Gasteiger partial charge in [-0.15, -0.1) is 11.3 Å². The summed E-state index contributed by atoms with van der Waals surface area (Å²) in [5, 5.41) is 9.44. The van der Waals surface area contributed by atoms with Crippen molar-refractivity contribution >= 4 is 21.6 Å². The van der Waals surface area contributed by atoms with Crippen LogP contribution in [0, 0.1) is 0 Å². The zero-order valence-corrected chi connectivity index (χ0v) is 9.25. The Morgan fingerprint density at radius 3 is 3.07 bits per heavy atom. The molecule has 80 valence electrons. The second-order valence-corrected chi connectivity index (χ2v) is 4.37. The minimum Gasteiger partial charge on any atom is -0.395 e. The summed E-state index contributed by atoms with van der Waals surface area (Å²) in [5.74, 6) is 0. The number of thiophene rings is 1. The minimum atomic E-state index is -0.0648. The Morgan fingerprint density at radius 2 is 2.40 bits per heavy atom. The molecular weight excluding hydrogens is 212 g/mol. The van der Waals surface area contributed by atoms with Crippen LogP contribution in [-0.2, 0) is 13.0 Å². The molecule has 0 aliphatic heterocycles. The van der Waals surface area contributed by atoms with E-state index in [1.54, 1.807) is 11.3 Å². The number of nitrogens with zero attached hydrogens (tertiary/aromatic N) is 2. The Balaban J connectivity index is 2.62. The van der Waals surface area contributed by atoms with E-state index in [1.807, 2.05) is 6.07 Å². The maximum Gasteiger partial charge on any atom is 0.262 e. The number of rotatable bonds is 3. The summed E-state index contributed by atoms with van der Waals surface area (Å²) in [4.78, 5) is 18.0. The van der Waals surface area contributed by atoms with Gasteiger partial charge in [-0.3, -0.25) is 9.36 Å². The van der Waals surface area contributed by atoms with Crippen molar-refractivity contribution in [1.29, 1.82) is 0 Å². The van der Waals surface area contributed by atoms with Gasteiger partial charge in [-0.05, 0) is 12.5 Å². The molecule has 0 aliphatic carbocycles. The molecule has 0 spiro atoms. The SMILES string of the molecule is CCc1cc2c(=O)n(CCO)cnc2s1. The molecule has 0 amide bonds. The molecule has 0 saturated carbocycles. The first-order chi connectivity index (χ1) is 7.26. The Kier molecular flexibility index (Phi) is 2.83. The summed E-state index contributed by atoms with van der Waals surface area (Å²) in [5.41, 5.74) is -0.0648. The normalized spacial score (nSPS) is 11.1. The predicted octanol–water partition coefficient (Wildman–Crippen LogP) is 1.01. The average molecular weight is 224 g/mol. The molecular formula is C10H12N2O2S. The highest BCUT2D eigenvalue weighted by Crippen LogP contribution is 2.20. The largest absolute Gasteiger partial charge is 0.395 e. The molecule has 2 rings (SSSR count). The van der Waals surface area contributed by atoms with E-state index < -0.39 is 0 Å². The van der Waals surface area contributed by atoms with E-state index in [4.69, 9.17) is 5.11 Å². The zero-order chi connectivity index (χ0) is 10.8. The van der Waals surface area contributed by atoms with E-state index in [0.29, 0.717) is 11.9 Å². The first kappa shape index (κ1) is 10.3. The van der Waals surface area contributed by atoms with Gasteiger partial charge < -0.3 is 5.11 Å². The molecule has 2 aromatic heterocycles. The van der Waals surface area contributed by atoms with Gasteiger partial charge in [0.25, 0.3) is 5.56 Å². The van der Waals surface area contributed by atoms with Gasteiger partial charge in [0, 0.05) is 4.88 Å². The fourth-order valence-corrected chi connectivity index (χ4v) is 2.38. The average Bonchev–Trinajstić information content (AvgIpc) is 2.66. The molecule has 1 N–H and O–H groups in total. The number of hydrogen-bond donors (Lipinski definition) is 1. The number of fused-ring (bicyclic) bond motifs is 1. The number of hydrogen-bond acceptors (Lipinski definition) is 4. The summed E-state index contributed by atoms with van der Waals surface area (Å²) in [6.45, 7) is 2.31. The molecule has 4 nitrogen and oxygen atoms in total. The molecule has 0 aliphatic rings. The van der Waals surface area contributed by atoms with E-state index in [9.17, 15) is 4.79 Å². The number of aromatic nitrogens is 2. The second-order valence-electron chi connectivity index (χ2n) is 3.25. The van der Waals surface area contributed by atoms with Gasteiger partial charge in [0.15, 0.2) is 0 Å². The van der Waals surface area contributed by atoms with E-state index in [-0.39, 0.29) is 12.2 Å². The molecule has 0 aromatic carbocycles. The van der Waals surface area contributed by atoms with Gasteiger partial charge in [-0.25, -0.2) is 4.98 Å². The fourth-order valence-electron chi connectivity index (χ4n) is 1.45. The van der Waals surface area contributed by atoms with Crippen LogP contribution in [0.5, 0.6) is 0 Å². The molecule has 0 unspecified atom stereocenters. The van der Waals surface area contributed by atoms with Gasteiger partial charge in [0.2, 0.25) is 0 Å². The Bertz CT molecular complexity index is 530. The van der Waals surface area contributed by atoms with Crippen molar-refractivity contribution in [2.24, 2.45) is 0 Å². The molecule has 0 bridgehead atoms. The zero-order valence-electron chi connectivity index (χ0n) is 8.43. The quantitative estimate of drug-likeness (QED) is 0.846. The predicted molar refractivity (Wildman–Crippen MR) is 60.3 cm³/mol. The first-order valence-electron chi connectivity index (χ1n) is 4.85. The van der Waals surface area contributed by atoms with E-state index in [0.717, 1.165) is 16.1 Å². The minimum absolute atomic E-state index is 0.0438. The summed E-state index contributed by atoms with van der Waals surface area (Å²) in [6, 6.07) is 1.89. The molecule has 0 saturated heterocycles. The van der Waals surface area contributed by atoms with Gasteiger partial charge >= 0.3 is 0 Å². The van der Waals surface area contributed by atoms with Gasteiger partial charge in [0.05, 0.1) is 24.9 Å². The van der Waals surface area contributed by atoms with E-state index >= 15 is 0 Å². The lowest BCUT2D eigenvalue weighted by molar-refractivity contribution is 0.274. The Labute approximate surface area is 90.8 Å². The number of aliphatic hydroxyl groups excluding tert-OH is 1. The smallest absolute Gasteiger partial charge is 0.262 e. The topological polar surface area (TPSA) is 55.1 Å². The molecule has 2 aromatic rings. The molecule has 5 heteroatoms. The Morgan fingerprint density at radius 1 is 1.60 bits per heavy atom. The van der Waals surface area contributed by atoms with Crippen LogP contribution in [0.25, 0.3) is 10.2 Å². The number of aryl methyl sites for hydroxylation is 1. The lowest BCUT2D eigenvalue weighted by Gasteiger charge is -2.00. The lowest BCUT2D eigenvalue weighted by atomic mass is 10.3. The summed E-state index contributed by atoms with van der Waals surface area (Å²) >= 11 is 1.55. The van der Waals surface area contributed by atoms with E-state index in [2.05, 4.69) is 11.9 Å². The molecule has 2 heterocycles. The highest BCUT2D eigenvalue weighted by Gasteiger charge is 2.07. The first-order valence-corrected chi connectivity index (χ1v) is 5.66. The van der Waals surface area contributed by atoms with Crippen LogP contribution in [-0.4, -0.2) is 21.3 Å². The van der Waals surface area contributed by atoms with Gasteiger partial charge in [-0.1, -0.05) is 6.92 Å². The van der Waals surface area contributed by atoms with Crippen molar-refractivity contribution in [3.63, 3.8) is 0 Å². The molecule has 0 atom stereocenters. The Hall–Kier alpha value is -1.20. The molecule has 0 radical (unpaired) electrons. The van der Waals surface area contributed by atoms with Crippen molar-refractivity contribution < 1.29 is 5.11 Å². The maximum atomic E-state index is 11.9. The van der Waals surface area contributed by atoms with Crippen molar-refractivity contribution in [1.82, 2.24) is 9.55 Å². The van der Waals surface area contributed by atoms with Crippen LogP contribution >= 0.6 is 11.3 Å². The van der Waals surface area contributed by atoms with Crippen molar-refractivity contribution in [2.45, 2.75) is 19.9 Å². The standard InChI is InChI=1S/C10H12N2O2S/c1-2-7-5-8-9(15-7)11-6-12(3-4-13)10(8)14/h5-6,13H,2-4H2,1H3. The highest BCUT2D eigenvalue weighted by atomic mass is 32.1. The maximum absolute atomic E-state index is 11.9. The number of aliphatic hydroxyl groups is 1. The van der Waals surface area contributed by atoms with Gasteiger partial charge in [0.1, 0.15) is 4.83 Å². The van der Waals surface area contributed by atoms with Crippen molar-refractivity contribution in [3.8, 4) is 0 Å². The third-order valence-electron chi connectivity index (χ3n) is 2.26. The monoisotopic (exact) mass is 224 g/mol. The highest BCUT2D eigenvalue weighted by molar-refractivity contribution is 7.18. The summed E-state index contributed by atoms with van der Waals surface area (Å²) in [7, 11) is 0. The summed E-state index contributed by atoms with van der Waals surface area (Å²) in [6.07, 6.45) is 2.41. The molecule has 15 heavy (non-hydrogen) atoms. The molecule has 0 fully saturated rings. The van der Waals surface area contributed by atoms with Crippen LogP contribution in [0.4, 0.5) is 0 Å². The third-order valence-corrected chi connectivity index (χ3v) is 3.45. The van der Waals surface area contributed by atoms with Crippen LogP contribution in [0.3, 0.4) is 0 Å². The van der Waals surface area contributed by atoms with Crippen molar-refractivity contribution in [3.05, 3.63) is 27.6 Å². The lowest BCUT2D eigenvalue weighted by Crippen LogP contribution is -2.21. The van der Waals surface area contributed by atoms with Crippen LogP contribution in [0.15, 0.2) is 17.2 Å². The van der Waals surface area contributed by atoms with Crippen molar-refractivity contribution in [2.75, 3.05) is 6.61 Å². The summed E-state index contributed by atoms with van der Waals surface area (Å²) < 4.78 is 1.44.